The smallest absolute Gasteiger partial charge is 0.122 e. The second-order valence-corrected chi connectivity index (χ2v) is 4.43. The predicted octanol–water partition coefficient (Wildman–Crippen LogP) is 1.10. The largest absolute Gasteiger partial charge is 0.388 e. The molecule has 0 fully saturated rings. The van der Waals surface area contributed by atoms with Gasteiger partial charge in [0.1, 0.15) is 4.99 Å². The quantitative estimate of drug-likeness (QED) is 0.789. The average molecular weight is 261 g/mol. The predicted molar refractivity (Wildman–Crippen MR) is 75.5 cm³/mol. The van der Waals surface area contributed by atoms with Crippen molar-refractivity contribution in [2.75, 3.05) is 11.9 Å². The molecule has 0 aromatic carbocycles. The summed E-state index contributed by atoms with van der Waals surface area (Å²) in [6.45, 7) is 0.826. The number of nitrogens with zero attached hydrogens (tertiary/aromatic N) is 3. The van der Waals surface area contributed by atoms with Crippen molar-refractivity contribution in [3.05, 3.63) is 42.0 Å². The van der Waals surface area contributed by atoms with Crippen molar-refractivity contribution in [2.45, 2.75) is 6.42 Å². The summed E-state index contributed by atoms with van der Waals surface area (Å²) in [5.41, 5.74) is 8.34. The summed E-state index contributed by atoms with van der Waals surface area (Å²) in [5.74, 6) is 0. The number of nitrogens with two attached hydrogens (primary N) is 1. The van der Waals surface area contributed by atoms with Gasteiger partial charge in [0.05, 0.1) is 11.9 Å². The van der Waals surface area contributed by atoms with Crippen LogP contribution in [0.1, 0.15) is 11.3 Å². The first kappa shape index (κ1) is 12.5. The van der Waals surface area contributed by atoms with Crippen molar-refractivity contribution in [3.8, 4) is 0 Å². The van der Waals surface area contributed by atoms with Crippen LogP contribution in [0.3, 0.4) is 0 Å². The lowest BCUT2D eigenvalue weighted by Gasteiger charge is -2.06. The van der Waals surface area contributed by atoms with Crippen molar-refractivity contribution in [1.29, 1.82) is 0 Å². The number of anilines is 1. The molecular formula is C12H15N5S. The Hall–Kier alpha value is -1.95. The van der Waals surface area contributed by atoms with Gasteiger partial charge in [-0.15, -0.1) is 0 Å². The van der Waals surface area contributed by atoms with Crippen LogP contribution in [-0.4, -0.2) is 26.3 Å². The summed E-state index contributed by atoms with van der Waals surface area (Å²) in [5, 5.41) is 7.43. The van der Waals surface area contributed by atoms with E-state index in [2.05, 4.69) is 15.4 Å². The molecule has 2 aromatic rings. The van der Waals surface area contributed by atoms with Crippen molar-refractivity contribution < 1.29 is 0 Å². The van der Waals surface area contributed by atoms with Gasteiger partial charge in [0, 0.05) is 31.7 Å². The molecule has 2 aromatic heterocycles. The van der Waals surface area contributed by atoms with Gasteiger partial charge in [-0.2, -0.15) is 5.10 Å². The first-order chi connectivity index (χ1) is 8.65. The number of rotatable bonds is 5. The molecule has 0 amide bonds. The fraction of sp³-hybridized carbons (Fsp3) is 0.250. The minimum atomic E-state index is 0.311. The van der Waals surface area contributed by atoms with Gasteiger partial charge in [0.2, 0.25) is 0 Å². The summed E-state index contributed by atoms with van der Waals surface area (Å²) in [4.78, 5) is 4.40. The number of thiocarbonyl (C=S) groups is 1. The van der Waals surface area contributed by atoms with Crippen molar-refractivity contribution in [1.82, 2.24) is 14.8 Å². The number of pyridine rings is 1. The van der Waals surface area contributed by atoms with E-state index in [0.29, 0.717) is 10.7 Å². The van der Waals surface area contributed by atoms with Crippen LogP contribution in [0.15, 0.2) is 30.7 Å². The van der Waals surface area contributed by atoms with Crippen LogP contribution in [0.5, 0.6) is 0 Å². The van der Waals surface area contributed by atoms with E-state index in [1.165, 1.54) is 5.56 Å². The van der Waals surface area contributed by atoms with E-state index in [-0.39, 0.29) is 0 Å². The summed E-state index contributed by atoms with van der Waals surface area (Å²) >= 11 is 4.89. The molecule has 2 rings (SSSR count). The number of hydrogen-bond acceptors (Lipinski definition) is 4. The van der Waals surface area contributed by atoms with Crippen LogP contribution in [0.2, 0.25) is 0 Å². The molecule has 0 saturated carbocycles. The highest BCUT2D eigenvalue weighted by Gasteiger charge is 2.00. The maximum Gasteiger partial charge on any atom is 0.122 e. The zero-order valence-electron chi connectivity index (χ0n) is 10.1. The van der Waals surface area contributed by atoms with E-state index >= 15 is 0 Å². The Bertz CT molecular complexity index is 549. The maximum absolute atomic E-state index is 5.54. The molecule has 94 valence electrons. The van der Waals surface area contributed by atoms with Gasteiger partial charge in [-0.25, -0.2) is 0 Å². The third-order valence-corrected chi connectivity index (χ3v) is 2.72. The summed E-state index contributed by atoms with van der Waals surface area (Å²) < 4.78 is 1.80. The minimum absolute atomic E-state index is 0.311. The van der Waals surface area contributed by atoms with Gasteiger partial charge in [-0.1, -0.05) is 12.2 Å². The van der Waals surface area contributed by atoms with Crippen LogP contribution >= 0.6 is 12.2 Å². The molecule has 6 heteroatoms. The lowest BCUT2D eigenvalue weighted by molar-refractivity contribution is 0.767. The van der Waals surface area contributed by atoms with E-state index in [1.54, 1.807) is 10.9 Å². The van der Waals surface area contributed by atoms with E-state index in [4.69, 9.17) is 18.0 Å². The van der Waals surface area contributed by atoms with Gasteiger partial charge >= 0.3 is 0 Å². The van der Waals surface area contributed by atoms with E-state index in [1.807, 2.05) is 31.6 Å². The highest BCUT2D eigenvalue weighted by atomic mass is 32.1. The zero-order chi connectivity index (χ0) is 13.0. The molecule has 0 spiro atoms. The van der Waals surface area contributed by atoms with E-state index in [0.717, 1.165) is 18.7 Å². The minimum Gasteiger partial charge on any atom is -0.388 e. The fourth-order valence-electron chi connectivity index (χ4n) is 1.63. The third-order valence-electron chi connectivity index (χ3n) is 2.51. The Morgan fingerprint density at radius 2 is 2.39 bits per heavy atom. The van der Waals surface area contributed by atoms with Crippen molar-refractivity contribution in [3.63, 3.8) is 0 Å². The van der Waals surface area contributed by atoms with Crippen LogP contribution in [-0.2, 0) is 13.5 Å². The van der Waals surface area contributed by atoms with Gasteiger partial charge in [0.25, 0.3) is 0 Å². The molecule has 18 heavy (non-hydrogen) atoms. The first-order valence-corrected chi connectivity index (χ1v) is 6.03. The number of nitrogens with one attached hydrogen (secondary N) is 1. The lowest BCUT2D eigenvalue weighted by Crippen LogP contribution is -2.12. The van der Waals surface area contributed by atoms with Gasteiger partial charge < -0.3 is 11.1 Å². The molecule has 0 unspecified atom stereocenters. The normalized spacial score (nSPS) is 10.3. The number of aromatic nitrogens is 3. The molecule has 0 bridgehead atoms. The molecule has 0 aliphatic carbocycles. The van der Waals surface area contributed by atoms with E-state index < -0.39 is 0 Å². The molecule has 0 atom stereocenters. The molecule has 3 N–H and O–H groups in total. The Labute approximate surface area is 111 Å². The summed E-state index contributed by atoms with van der Waals surface area (Å²) in [6, 6.07) is 3.75. The molecule has 0 saturated heterocycles. The molecule has 2 heterocycles. The average Bonchev–Trinajstić information content (AvgIpc) is 2.75. The molecule has 0 aliphatic heterocycles. The van der Waals surface area contributed by atoms with Crippen LogP contribution < -0.4 is 11.1 Å². The maximum atomic E-state index is 5.54. The van der Waals surface area contributed by atoms with Crippen LogP contribution in [0.25, 0.3) is 0 Å². The Morgan fingerprint density at radius 1 is 1.56 bits per heavy atom. The van der Waals surface area contributed by atoms with E-state index in [9.17, 15) is 0 Å². The molecule has 0 aliphatic rings. The Kier molecular flexibility index (Phi) is 3.88. The highest BCUT2D eigenvalue weighted by molar-refractivity contribution is 7.80. The number of hydrogen-bond donors (Lipinski definition) is 2. The topological polar surface area (TPSA) is 68.8 Å². The highest BCUT2D eigenvalue weighted by Crippen LogP contribution is 2.08. The number of aryl methyl sites for hydroxylation is 1. The standard InChI is InChI=1S/C12H15N5S/c1-17-8-9(7-16-17)2-4-14-10-3-5-15-11(6-10)12(13)18/h3,5-8H,2,4H2,1H3,(H2,13,18)(H,14,15). The third kappa shape index (κ3) is 3.27. The zero-order valence-corrected chi connectivity index (χ0v) is 10.9. The molecule has 5 nitrogen and oxygen atoms in total. The fourth-order valence-corrected chi connectivity index (χ4v) is 1.74. The summed E-state index contributed by atoms with van der Waals surface area (Å²) in [7, 11) is 1.91. The molecular weight excluding hydrogens is 246 g/mol. The SMILES string of the molecule is Cn1cc(CCNc2ccnc(C(N)=S)c2)cn1. The molecule has 0 radical (unpaired) electrons. The van der Waals surface area contributed by atoms with Crippen LogP contribution in [0.4, 0.5) is 5.69 Å². The van der Waals surface area contributed by atoms with Crippen LogP contribution in [0, 0.1) is 0 Å². The lowest BCUT2D eigenvalue weighted by atomic mass is 10.2. The Balaban J connectivity index is 1.90. The van der Waals surface area contributed by atoms with Gasteiger partial charge in [0.15, 0.2) is 0 Å². The van der Waals surface area contributed by atoms with Crippen molar-refractivity contribution >= 4 is 22.9 Å². The monoisotopic (exact) mass is 261 g/mol. The van der Waals surface area contributed by atoms with Crippen molar-refractivity contribution in [2.24, 2.45) is 12.8 Å². The second-order valence-electron chi connectivity index (χ2n) is 3.99. The Morgan fingerprint density at radius 3 is 3.06 bits per heavy atom. The second kappa shape index (κ2) is 5.59. The van der Waals surface area contributed by atoms with Gasteiger partial charge in [-0.05, 0) is 24.1 Å². The summed E-state index contributed by atoms with van der Waals surface area (Å²) in [6.07, 6.45) is 6.49. The van der Waals surface area contributed by atoms with Gasteiger partial charge in [-0.3, -0.25) is 9.67 Å². The first-order valence-electron chi connectivity index (χ1n) is 5.62.